The van der Waals surface area contributed by atoms with E-state index in [0.717, 1.165) is 57.8 Å². The summed E-state index contributed by atoms with van der Waals surface area (Å²) in [6, 6.07) is 0. The molecule has 64 heavy (non-hydrogen) atoms. The number of nitrogens with zero attached hydrogens (tertiary/aromatic N) is 1. The van der Waals surface area contributed by atoms with Gasteiger partial charge < -0.3 is 18.9 Å². The molecule has 0 aliphatic heterocycles. The summed E-state index contributed by atoms with van der Waals surface area (Å²) in [5.41, 5.74) is 0. The Bertz CT molecular complexity index is 1230. The van der Waals surface area contributed by atoms with E-state index >= 15 is 0 Å². The van der Waals surface area contributed by atoms with Gasteiger partial charge in [0.2, 0.25) is 0 Å². The molecule has 0 spiro atoms. The maximum Gasteiger partial charge on any atom is 0.472 e. The first-order valence-corrected chi connectivity index (χ1v) is 27.9. The van der Waals surface area contributed by atoms with Gasteiger partial charge in [-0.2, -0.15) is 0 Å². The minimum Gasteiger partial charge on any atom is -0.462 e. The fourth-order valence-electron chi connectivity index (χ4n) is 7.19. The molecular weight excluding hydrogens is 822 g/mol. The van der Waals surface area contributed by atoms with Crippen LogP contribution in [0.25, 0.3) is 0 Å². The van der Waals surface area contributed by atoms with Gasteiger partial charge in [0.25, 0.3) is 0 Å². The van der Waals surface area contributed by atoms with Crippen molar-refractivity contribution in [1.82, 2.24) is 0 Å². The Morgan fingerprint density at radius 1 is 0.484 bits per heavy atom. The van der Waals surface area contributed by atoms with Crippen LogP contribution in [0, 0.1) is 0 Å². The smallest absolute Gasteiger partial charge is 0.462 e. The highest BCUT2D eigenvalue weighted by molar-refractivity contribution is 7.47. The van der Waals surface area contributed by atoms with Crippen molar-refractivity contribution in [1.29, 1.82) is 0 Å². The lowest BCUT2D eigenvalue weighted by Gasteiger charge is -2.24. The van der Waals surface area contributed by atoms with Gasteiger partial charge in [0.1, 0.15) is 19.8 Å². The zero-order valence-electron chi connectivity index (χ0n) is 42.3. The van der Waals surface area contributed by atoms with Gasteiger partial charge >= 0.3 is 19.8 Å². The monoisotopic (exact) mass is 923 g/mol. The normalized spacial score (nSPS) is 13.8. The predicted octanol–water partition coefficient (Wildman–Crippen LogP) is 15.8. The summed E-state index contributed by atoms with van der Waals surface area (Å²) < 4.78 is 34.5. The van der Waals surface area contributed by atoms with E-state index in [1.165, 1.54) is 141 Å². The number of likely N-dealkylation sites (N-methyl/N-ethyl adjacent to an activating group) is 1. The Labute approximate surface area is 394 Å². The Kier molecular flexibility index (Phi) is 44.6. The van der Waals surface area contributed by atoms with E-state index in [-0.39, 0.29) is 32.0 Å². The molecule has 0 aliphatic rings. The average Bonchev–Trinajstić information content (AvgIpc) is 3.25. The summed E-state index contributed by atoms with van der Waals surface area (Å²) in [7, 11) is 1.47. The van der Waals surface area contributed by atoms with Gasteiger partial charge in [0.05, 0.1) is 27.7 Å². The van der Waals surface area contributed by atoms with Crippen LogP contribution in [-0.4, -0.2) is 74.9 Å². The molecule has 0 aliphatic carbocycles. The summed E-state index contributed by atoms with van der Waals surface area (Å²) in [5.74, 6) is -0.807. The van der Waals surface area contributed by atoms with Crippen LogP contribution in [0.3, 0.4) is 0 Å². The lowest BCUT2D eigenvalue weighted by molar-refractivity contribution is -0.870. The topological polar surface area (TPSA) is 108 Å². The number of carbonyl (C=O) groups excluding carboxylic acids is 2. The van der Waals surface area contributed by atoms with Crippen LogP contribution in [-0.2, 0) is 32.7 Å². The molecule has 2 atom stereocenters. The highest BCUT2D eigenvalue weighted by Gasteiger charge is 2.27. The van der Waals surface area contributed by atoms with Crippen molar-refractivity contribution in [2.75, 3.05) is 47.5 Å². The van der Waals surface area contributed by atoms with Gasteiger partial charge in [0.15, 0.2) is 6.10 Å². The molecule has 0 rings (SSSR count). The largest absolute Gasteiger partial charge is 0.472 e. The van der Waals surface area contributed by atoms with Crippen molar-refractivity contribution in [3.8, 4) is 0 Å². The highest BCUT2D eigenvalue weighted by atomic mass is 31.2. The molecule has 1 N–H and O–H groups in total. The number of unbranched alkanes of at least 4 members (excludes halogenated alkanes) is 26. The Morgan fingerprint density at radius 3 is 1.27 bits per heavy atom. The van der Waals surface area contributed by atoms with Crippen LogP contribution >= 0.6 is 7.82 Å². The van der Waals surface area contributed by atoms with Gasteiger partial charge in [-0.3, -0.25) is 18.6 Å². The Balaban J connectivity index is 4.26. The van der Waals surface area contributed by atoms with Crippen LogP contribution in [0.5, 0.6) is 0 Å². The van der Waals surface area contributed by atoms with E-state index in [4.69, 9.17) is 18.5 Å². The predicted molar refractivity (Wildman–Crippen MR) is 270 cm³/mol. The zero-order chi connectivity index (χ0) is 47.1. The van der Waals surface area contributed by atoms with E-state index < -0.39 is 26.5 Å². The molecule has 0 saturated carbocycles. The third-order valence-corrected chi connectivity index (χ3v) is 12.3. The van der Waals surface area contributed by atoms with Crippen molar-refractivity contribution < 1.29 is 42.1 Å². The Hall–Kier alpha value is -2.03. The molecule has 0 aromatic carbocycles. The van der Waals surface area contributed by atoms with Gasteiger partial charge in [-0.25, -0.2) is 4.57 Å². The number of hydrogen-bond acceptors (Lipinski definition) is 7. The second-order valence-corrected chi connectivity index (χ2v) is 20.4. The molecule has 0 bridgehead atoms. The van der Waals surface area contributed by atoms with E-state index in [2.05, 4.69) is 62.5 Å². The van der Waals surface area contributed by atoms with Crippen molar-refractivity contribution in [3.05, 3.63) is 48.6 Å². The molecule has 0 fully saturated rings. The summed E-state index contributed by atoms with van der Waals surface area (Å²) in [5, 5.41) is 0. The average molecular weight is 923 g/mol. The van der Waals surface area contributed by atoms with Crippen LogP contribution < -0.4 is 0 Å². The number of ether oxygens (including phenoxy) is 2. The minimum absolute atomic E-state index is 0.0285. The van der Waals surface area contributed by atoms with Crippen molar-refractivity contribution in [2.24, 2.45) is 0 Å². The van der Waals surface area contributed by atoms with E-state index in [1.54, 1.807) is 0 Å². The molecular formula is C54H101NO8P+. The molecule has 0 heterocycles. The summed E-state index contributed by atoms with van der Waals surface area (Å²) in [6.45, 7) is 4.41. The number of carbonyl (C=O) groups is 2. The molecule has 374 valence electrons. The van der Waals surface area contributed by atoms with Gasteiger partial charge in [-0.15, -0.1) is 0 Å². The standard InChI is InChI=1S/C54H100NO8P/c1-6-8-10-12-14-16-18-20-22-24-25-26-27-28-29-31-33-35-37-39-41-43-45-47-54(57)63-52(51-62-64(58,59)61-49-48-55(3,4)5)50-60-53(56)46-44-42-40-38-36-34-32-30-23-21-19-17-15-13-11-9-7-2/h18,20-21,23-25,27-28,52H,6-17,19,22,26,29-51H2,1-5H3/p+1/b20-18-,23-21-,25-24-,28-27-. The van der Waals surface area contributed by atoms with Gasteiger partial charge in [-0.1, -0.05) is 191 Å². The second kappa shape index (κ2) is 46.1. The van der Waals surface area contributed by atoms with Crippen molar-refractivity contribution in [3.63, 3.8) is 0 Å². The third-order valence-electron chi connectivity index (χ3n) is 11.3. The third kappa shape index (κ3) is 49.4. The number of rotatable bonds is 48. The number of quaternary nitrogens is 1. The number of allylic oxidation sites excluding steroid dienone is 8. The lowest BCUT2D eigenvalue weighted by Crippen LogP contribution is -2.37. The number of esters is 2. The van der Waals surface area contributed by atoms with E-state index in [9.17, 15) is 19.0 Å². The van der Waals surface area contributed by atoms with Crippen LogP contribution in [0.4, 0.5) is 0 Å². The van der Waals surface area contributed by atoms with Gasteiger partial charge in [0, 0.05) is 12.8 Å². The van der Waals surface area contributed by atoms with Gasteiger partial charge in [-0.05, 0) is 77.0 Å². The number of phosphoric acid groups is 1. The first-order chi connectivity index (χ1) is 31.0. The summed E-state index contributed by atoms with van der Waals surface area (Å²) in [4.78, 5) is 35.6. The first-order valence-electron chi connectivity index (χ1n) is 26.4. The molecule has 0 aromatic heterocycles. The zero-order valence-corrected chi connectivity index (χ0v) is 43.2. The number of phosphoric ester groups is 1. The van der Waals surface area contributed by atoms with Crippen LogP contribution in [0.15, 0.2) is 48.6 Å². The molecule has 0 amide bonds. The first kappa shape index (κ1) is 62.0. The minimum atomic E-state index is -4.38. The van der Waals surface area contributed by atoms with Crippen molar-refractivity contribution >= 4 is 19.8 Å². The van der Waals surface area contributed by atoms with Crippen molar-refractivity contribution in [2.45, 2.75) is 238 Å². The fraction of sp³-hybridized carbons (Fsp3) is 0.815. The molecule has 0 aromatic rings. The summed E-state index contributed by atoms with van der Waals surface area (Å²) in [6.07, 6.45) is 55.9. The molecule has 2 unspecified atom stereocenters. The van der Waals surface area contributed by atoms with E-state index in [0.29, 0.717) is 17.4 Å². The highest BCUT2D eigenvalue weighted by Crippen LogP contribution is 2.43. The second-order valence-electron chi connectivity index (χ2n) is 18.9. The van der Waals surface area contributed by atoms with Crippen LogP contribution in [0.1, 0.15) is 232 Å². The quantitative estimate of drug-likeness (QED) is 0.0211. The lowest BCUT2D eigenvalue weighted by atomic mass is 10.1. The van der Waals surface area contributed by atoms with E-state index in [1.807, 2.05) is 21.1 Å². The maximum atomic E-state index is 12.8. The SMILES string of the molecule is CCCCCCC/C=C\C/C=C\C/C=C\CCCCCCCCCCC(=O)OC(COC(=O)CCCCCCCCC/C=C\CCCCCCCC)COP(=O)(O)OCC[N+](C)(C)C. The Morgan fingerprint density at radius 2 is 0.844 bits per heavy atom. The molecule has 10 heteroatoms. The van der Waals surface area contributed by atoms with Crippen LogP contribution in [0.2, 0.25) is 0 Å². The molecule has 9 nitrogen and oxygen atoms in total. The number of hydrogen-bond donors (Lipinski definition) is 1. The molecule has 0 saturated heterocycles. The summed E-state index contributed by atoms with van der Waals surface area (Å²) >= 11 is 0. The molecule has 0 radical (unpaired) electrons. The fourth-order valence-corrected chi connectivity index (χ4v) is 7.93. The maximum absolute atomic E-state index is 12.8.